The fourth-order valence-electron chi connectivity index (χ4n) is 4.27. The number of hydrogen-bond donors (Lipinski definition) is 2. The SMILES string of the molecule is CC(C)[C@H](CO)[C@@H](c1ccccc1)[C@H](c1ccccc1)[C@@H](CO)C(C)C. The fraction of sp³-hybridized carbons (Fsp3) is 0.500. The van der Waals surface area contributed by atoms with E-state index in [4.69, 9.17) is 0 Å². The second-order valence-corrected chi connectivity index (χ2v) is 8.05. The van der Waals surface area contributed by atoms with Gasteiger partial charge in [0, 0.05) is 13.2 Å². The van der Waals surface area contributed by atoms with Crippen molar-refractivity contribution >= 4 is 0 Å². The molecule has 2 N–H and O–H groups in total. The number of aliphatic hydroxyl groups excluding tert-OH is 2. The minimum atomic E-state index is 0.135. The van der Waals surface area contributed by atoms with E-state index in [9.17, 15) is 10.2 Å². The Kier molecular flexibility index (Phi) is 7.86. The summed E-state index contributed by atoms with van der Waals surface area (Å²) >= 11 is 0. The minimum Gasteiger partial charge on any atom is -0.396 e. The van der Waals surface area contributed by atoms with E-state index in [2.05, 4.69) is 76.2 Å². The Morgan fingerprint density at radius 3 is 1.12 bits per heavy atom. The maximum Gasteiger partial charge on any atom is 0.0467 e. The van der Waals surface area contributed by atoms with Gasteiger partial charge in [-0.3, -0.25) is 0 Å². The van der Waals surface area contributed by atoms with Gasteiger partial charge in [0.25, 0.3) is 0 Å². The quantitative estimate of drug-likeness (QED) is 0.659. The second kappa shape index (κ2) is 9.89. The second-order valence-electron chi connectivity index (χ2n) is 8.05. The van der Waals surface area contributed by atoms with Gasteiger partial charge in [0.15, 0.2) is 0 Å². The molecule has 0 aliphatic rings. The molecule has 0 unspecified atom stereocenters. The van der Waals surface area contributed by atoms with Crippen LogP contribution in [-0.4, -0.2) is 23.4 Å². The lowest BCUT2D eigenvalue weighted by Crippen LogP contribution is -2.34. The Hall–Kier alpha value is -1.64. The Morgan fingerprint density at radius 1 is 0.577 bits per heavy atom. The van der Waals surface area contributed by atoms with Crippen LogP contribution in [-0.2, 0) is 0 Å². The lowest BCUT2D eigenvalue weighted by atomic mass is 9.64. The van der Waals surface area contributed by atoms with Gasteiger partial charge in [-0.25, -0.2) is 0 Å². The molecule has 2 aromatic rings. The summed E-state index contributed by atoms with van der Waals surface area (Å²) in [6.07, 6.45) is 0. The van der Waals surface area contributed by atoms with Gasteiger partial charge in [0.05, 0.1) is 0 Å². The van der Waals surface area contributed by atoms with Crippen LogP contribution in [0.3, 0.4) is 0 Å². The standard InChI is InChI=1S/C24H34O2/c1-17(2)21(15-25)23(19-11-7-5-8-12-19)24(22(16-26)18(3)4)20-13-9-6-10-14-20/h5-14,17-18,21-26H,15-16H2,1-4H3/t21-,22-,23+,24+/m0/s1. The Bertz CT molecular complexity index is 564. The molecule has 0 spiro atoms. The number of rotatable bonds is 9. The lowest BCUT2D eigenvalue weighted by molar-refractivity contribution is 0.103. The fourth-order valence-corrected chi connectivity index (χ4v) is 4.27. The Labute approximate surface area is 158 Å². The molecule has 4 atom stereocenters. The van der Waals surface area contributed by atoms with Crippen LogP contribution in [0.4, 0.5) is 0 Å². The lowest BCUT2D eigenvalue weighted by Gasteiger charge is -2.41. The zero-order valence-corrected chi connectivity index (χ0v) is 16.5. The van der Waals surface area contributed by atoms with Crippen molar-refractivity contribution in [3.8, 4) is 0 Å². The molecule has 0 saturated carbocycles. The summed E-state index contributed by atoms with van der Waals surface area (Å²) in [6.45, 7) is 9.03. The van der Waals surface area contributed by atoms with Crippen LogP contribution in [0.5, 0.6) is 0 Å². The first-order valence-corrected chi connectivity index (χ1v) is 9.82. The van der Waals surface area contributed by atoms with Gasteiger partial charge in [-0.15, -0.1) is 0 Å². The maximum absolute atomic E-state index is 10.3. The average molecular weight is 355 g/mol. The highest BCUT2D eigenvalue weighted by molar-refractivity contribution is 5.30. The van der Waals surface area contributed by atoms with Gasteiger partial charge in [-0.05, 0) is 46.6 Å². The molecule has 2 rings (SSSR count). The molecule has 2 nitrogen and oxygen atoms in total. The summed E-state index contributed by atoms with van der Waals surface area (Å²) in [6, 6.07) is 21.0. The van der Waals surface area contributed by atoms with Crippen LogP contribution in [0.15, 0.2) is 60.7 Å². The number of aliphatic hydroxyl groups is 2. The summed E-state index contributed by atoms with van der Waals surface area (Å²) < 4.78 is 0. The molecule has 0 aromatic heterocycles. The van der Waals surface area contributed by atoms with E-state index in [-0.39, 0.29) is 36.9 Å². The van der Waals surface area contributed by atoms with Gasteiger partial charge in [0.1, 0.15) is 0 Å². The molecule has 2 heteroatoms. The van der Waals surface area contributed by atoms with Gasteiger partial charge < -0.3 is 10.2 Å². The van der Waals surface area contributed by atoms with Crippen molar-refractivity contribution in [1.29, 1.82) is 0 Å². The van der Waals surface area contributed by atoms with Gasteiger partial charge in [-0.1, -0.05) is 88.4 Å². The molecule has 142 valence electrons. The number of benzene rings is 2. The van der Waals surface area contributed by atoms with Crippen molar-refractivity contribution in [3.05, 3.63) is 71.8 Å². The van der Waals surface area contributed by atoms with Crippen molar-refractivity contribution in [2.45, 2.75) is 39.5 Å². The van der Waals surface area contributed by atoms with Crippen LogP contribution in [0, 0.1) is 23.7 Å². The van der Waals surface area contributed by atoms with E-state index >= 15 is 0 Å². The minimum absolute atomic E-state index is 0.135. The number of hydrogen-bond acceptors (Lipinski definition) is 2. The van der Waals surface area contributed by atoms with E-state index in [1.54, 1.807) is 0 Å². The predicted molar refractivity (Wildman–Crippen MR) is 109 cm³/mol. The van der Waals surface area contributed by atoms with E-state index in [0.29, 0.717) is 11.8 Å². The zero-order chi connectivity index (χ0) is 19.1. The first-order chi connectivity index (χ1) is 12.5. The molecule has 0 heterocycles. The van der Waals surface area contributed by atoms with E-state index in [1.165, 1.54) is 11.1 Å². The first kappa shape index (κ1) is 20.7. The topological polar surface area (TPSA) is 40.5 Å². The maximum atomic E-state index is 10.3. The molecule has 0 fully saturated rings. The summed E-state index contributed by atoms with van der Waals surface area (Å²) in [5, 5.41) is 20.5. The molecule has 0 radical (unpaired) electrons. The third-order valence-corrected chi connectivity index (χ3v) is 5.81. The van der Waals surface area contributed by atoms with Gasteiger partial charge >= 0.3 is 0 Å². The molecule has 2 aromatic carbocycles. The van der Waals surface area contributed by atoms with Crippen LogP contribution in [0.1, 0.15) is 50.7 Å². The van der Waals surface area contributed by atoms with E-state index < -0.39 is 0 Å². The summed E-state index contributed by atoms with van der Waals surface area (Å²) in [4.78, 5) is 0. The summed E-state index contributed by atoms with van der Waals surface area (Å²) in [5.74, 6) is 1.28. The highest BCUT2D eigenvalue weighted by Gasteiger charge is 2.38. The van der Waals surface area contributed by atoms with Crippen molar-refractivity contribution in [1.82, 2.24) is 0 Å². The molecule has 26 heavy (non-hydrogen) atoms. The van der Waals surface area contributed by atoms with Crippen LogP contribution in [0.25, 0.3) is 0 Å². The first-order valence-electron chi connectivity index (χ1n) is 9.82. The largest absolute Gasteiger partial charge is 0.396 e. The molecular weight excluding hydrogens is 320 g/mol. The van der Waals surface area contributed by atoms with Crippen LogP contribution >= 0.6 is 0 Å². The van der Waals surface area contributed by atoms with E-state index in [1.807, 2.05) is 12.1 Å². The molecule has 0 aliphatic carbocycles. The predicted octanol–water partition coefficient (Wildman–Crippen LogP) is 5.08. The Morgan fingerprint density at radius 2 is 0.885 bits per heavy atom. The molecule has 0 aliphatic heterocycles. The third-order valence-electron chi connectivity index (χ3n) is 5.81. The van der Waals surface area contributed by atoms with Gasteiger partial charge in [0.2, 0.25) is 0 Å². The summed E-state index contributed by atoms with van der Waals surface area (Å²) in [7, 11) is 0. The van der Waals surface area contributed by atoms with Crippen molar-refractivity contribution in [3.63, 3.8) is 0 Å². The molecule has 0 amide bonds. The third kappa shape index (κ3) is 4.75. The summed E-state index contributed by atoms with van der Waals surface area (Å²) in [5.41, 5.74) is 2.49. The van der Waals surface area contributed by atoms with Crippen LogP contribution < -0.4 is 0 Å². The van der Waals surface area contributed by atoms with Crippen molar-refractivity contribution in [2.75, 3.05) is 13.2 Å². The zero-order valence-electron chi connectivity index (χ0n) is 16.5. The highest BCUT2D eigenvalue weighted by Crippen LogP contribution is 2.47. The normalized spacial score (nSPS) is 16.5. The van der Waals surface area contributed by atoms with Crippen molar-refractivity contribution in [2.24, 2.45) is 23.7 Å². The van der Waals surface area contributed by atoms with Crippen molar-refractivity contribution < 1.29 is 10.2 Å². The average Bonchev–Trinajstić information content (AvgIpc) is 2.65. The molecule has 0 bridgehead atoms. The highest BCUT2D eigenvalue weighted by atomic mass is 16.3. The van der Waals surface area contributed by atoms with Crippen LogP contribution in [0.2, 0.25) is 0 Å². The smallest absolute Gasteiger partial charge is 0.0467 e. The van der Waals surface area contributed by atoms with Gasteiger partial charge in [-0.2, -0.15) is 0 Å². The van der Waals surface area contributed by atoms with E-state index in [0.717, 1.165) is 0 Å². The monoisotopic (exact) mass is 354 g/mol. The Balaban J connectivity index is 2.64. The molecule has 0 saturated heterocycles. The molecular formula is C24H34O2.